The molecule has 0 bridgehead atoms. The summed E-state index contributed by atoms with van der Waals surface area (Å²) >= 11 is 0. The Hall–Kier alpha value is -1.40. The van der Waals surface area contributed by atoms with E-state index in [1.807, 2.05) is 13.8 Å². The van der Waals surface area contributed by atoms with Crippen molar-refractivity contribution < 1.29 is 14.1 Å². The van der Waals surface area contributed by atoms with Crippen molar-refractivity contribution in [2.75, 3.05) is 26.2 Å². The van der Waals surface area contributed by atoms with E-state index in [1.54, 1.807) is 0 Å². The summed E-state index contributed by atoms with van der Waals surface area (Å²) in [6.45, 7) is 8.34. The summed E-state index contributed by atoms with van der Waals surface area (Å²) in [6, 6.07) is 0. The molecule has 1 N–H and O–H groups in total. The van der Waals surface area contributed by atoms with Crippen LogP contribution in [0.2, 0.25) is 0 Å². The second kappa shape index (κ2) is 6.48. The zero-order valence-electron chi connectivity index (χ0n) is 14.6. The maximum absolute atomic E-state index is 12.1. The van der Waals surface area contributed by atoms with Gasteiger partial charge in [0.25, 0.3) is 0 Å². The van der Waals surface area contributed by atoms with Crippen LogP contribution in [0.25, 0.3) is 0 Å². The molecule has 0 aromatic carbocycles. The van der Waals surface area contributed by atoms with Gasteiger partial charge in [0.15, 0.2) is 0 Å². The van der Waals surface area contributed by atoms with Gasteiger partial charge < -0.3 is 14.6 Å². The van der Waals surface area contributed by atoms with E-state index < -0.39 is 0 Å². The van der Waals surface area contributed by atoms with Crippen LogP contribution in [0.3, 0.4) is 0 Å². The Kier molecular flexibility index (Phi) is 4.35. The number of hydrogen-bond donors (Lipinski definition) is 1. The van der Waals surface area contributed by atoms with Gasteiger partial charge in [-0.3, -0.25) is 9.69 Å². The standard InChI is InChI=1S/C18H27N3O3/c1-11-15(12(2)24-20-11)7-21-8-16-14(10-23-17(16)9-21)5-18(22)19-6-13-3-4-13/h13-14,16-17H,3-10H2,1-2H3,(H,19,22)/t14-,16+,17+/m1/s1. The molecule has 1 aliphatic carbocycles. The molecule has 1 aromatic rings. The zero-order valence-corrected chi connectivity index (χ0v) is 14.6. The van der Waals surface area contributed by atoms with Crippen LogP contribution < -0.4 is 5.32 Å². The predicted molar refractivity (Wildman–Crippen MR) is 88.3 cm³/mol. The number of aromatic nitrogens is 1. The molecule has 0 unspecified atom stereocenters. The van der Waals surface area contributed by atoms with Gasteiger partial charge in [-0.1, -0.05) is 5.16 Å². The lowest BCUT2D eigenvalue weighted by Gasteiger charge is -2.19. The molecule has 2 saturated heterocycles. The number of amides is 1. The largest absolute Gasteiger partial charge is 0.376 e. The van der Waals surface area contributed by atoms with E-state index in [4.69, 9.17) is 9.26 Å². The lowest BCUT2D eigenvalue weighted by atomic mass is 9.90. The van der Waals surface area contributed by atoms with E-state index >= 15 is 0 Å². The van der Waals surface area contributed by atoms with Crippen LogP contribution in [0, 0.1) is 31.6 Å². The Morgan fingerprint density at radius 3 is 2.88 bits per heavy atom. The molecule has 6 nitrogen and oxygen atoms in total. The minimum atomic E-state index is 0.195. The minimum Gasteiger partial charge on any atom is -0.376 e. The summed E-state index contributed by atoms with van der Waals surface area (Å²) in [6.07, 6.45) is 3.42. The fourth-order valence-electron chi connectivity index (χ4n) is 4.06. The monoisotopic (exact) mass is 333 g/mol. The highest BCUT2D eigenvalue weighted by Crippen LogP contribution is 2.36. The number of carbonyl (C=O) groups excluding carboxylic acids is 1. The van der Waals surface area contributed by atoms with Gasteiger partial charge in [0, 0.05) is 44.1 Å². The molecule has 2 aliphatic heterocycles. The first kappa shape index (κ1) is 16.1. The molecule has 6 heteroatoms. The van der Waals surface area contributed by atoms with Gasteiger partial charge in [-0.15, -0.1) is 0 Å². The highest BCUT2D eigenvalue weighted by atomic mass is 16.5. The number of carbonyl (C=O) groups is 1. The van der Waals surface area contributed by atoms with Crippen LogP contribution in [-0.4, -0.2) is 48.3 Å². The molecule has 24 heavy (non-hydrogen) atoms. The number of nitrogens with zero attached hydrogens (tertiary/aromatic N) is 2. The van der Waals surface area contributed by atoms with E-state index in [0.29, 0.717) is 18.3 Å². The first-order chi connectivity index (χ1) is 11.6. The van der Waals surface area contributed by atoms with Crippen molar-refractivity contribution in [3.8, 4) is 0 Å². The van der Waals surface area contributed by atoms with Crippen LogP contribution in [0.1, 0.15) is 36.3 Å². The first-order valence-corrected chi connectivity index (χ1v) is 9.12. The normalized spacial score (nSPS) is 29.8. The number of rotatable bonds is 6. The molecular formula is C18H27N3O3. The SMILES string of the molecule is Cc1noc(C)c1CN1C[C@H]2[C@H](CC(=O)NCC3CC3)CO[C@H]2C1. The highest BCUT2D eigenvalue weighted by molar-refractivity contribution is 5.76. The van der Waals surface area contributed by atoms with Crippen molar-refractivity contribution >= 4 is 5.91 Å². The van der Waals surface area contributed by atoms with Crippen LogP contribution in [0.15, 0.2) is 4.52 Å². The molecule has 132 valence electrons. The number of likely N-dealkylation sites (tertiary alicyclic amines) is 1. The third-order valence-corrected chi connectivity index (χ3v) is 5.81. The fraction of sp³-hybridized carbons (Fsp3) is 0.778. The lowest BCUT2D eigenvalue weighted by molar-refractivity contribution is -0.122. The number of ether oxygens (including phenoxy) is 1. The minimum absolute atomic E-state index is 0.195. The van der Waals surface area contributed by atoms with Crippen molar-refractivity contribution in [3.05, 3.63) is 17.0 Å². The van der Waals surface area contributed by atoms with E-state index in [-0.39, 0.29) is 12.0 Å². The molecule has 3 heterocycles. The van der Waals surface area contributed by atoms with Crippen LogP contribution >= 0.6 is 0 Å². The fourth-order valence-corrected chi connectivity index (χ4v) is 4.06. The zero-order chi connectivity index (χ0) is 16.7. The van der Waals surface area contributed by atoms with Crippen LogP contribution in [0.4, 0.5) is 0 Å². The van der Waals surface area contributed by atoms with Gasteiger partial charge in [0.2, 0.25) is 5.91 Å². The van der Waals surface area contributed by atoms with Crippen molar-refractivity contribution in [2.24, 2.45) is 17.8 Å². The Balaban J connectivity index is 1.30. The number of nitrogens with one attached hydrogen (secondary N) is 1. The summed E-state index contributed by atoms with van der Waals surface area (Å²) in [5.41, 5.74) is 2.16. The summed E-state index contributed by atoms with van der Waals surface area (Å²) in [5, 5.41) is 7.12. The second-order valence-corrected chi connectivity index (χ2v) is 7.74. The molecule has 0 spiro atoms. The Labute approximate surface area is 142 Å². The van der Waals surface area contributed by atoms with Gasteiger partial charge in [-0.25, -0.2) is 0 Å². The molecule has 3 fully saturated rings. The second-order valence-electron chi connectivity index (χ2n) is 7.74. The third kappa shape index (κ3) is 3.35. The third-order valence-electron chi connectivity index (χ3n) is 5.81. The molecule has 1 amide bonds. The summed E-state index contributed by atoms with van der Waals surface area (Å²) in [7, 11) is 0. The predicted octanol–water partition coefficient (Wildman–Crippen LogP) is 1.65. The average Bonchev–Trinajstić information content (AvgIpc) is 3.09. The maximum atomic E-state index is 12.1. The molecule has 4 rings (SSSR count). The lowest BCUT2D eigenvalue weighted by Crippen LogP contribution is -2.31. The molecule has 1 saturated carbocycles. The molecule has 1 aromatic heterocycles. The van der Waals surface area contributed by atoms with Gasteiger partial charge >= 0.3 is 0 Å². The van der Waals surface area contributed by atoms with E-state index in [2.05, 4.69) is 15.4 Å². The summed E-state index contributed by atoms with van der Waals surface area (Å²) in [4.78, 5) is 14.6. The molecule has 3 aliphatic rings. The van der Waals surface area contributed by atoms with Crippen LogP contribution in [0.5, 0.6) is 0 Å². The number of aryl methyl sites for hydroxylation is 2. The van der Waals surface area contributed by atoms with Crippen molar-refractivity contribution in [3.63, 3.8) is 0 Å². The molecule has 3 atom stereocenters. The van der Waals surface area contributed by atoms with E-state index in [0.717, 1.165) is 50.2 Å². The molecule has 0 radical (unpaired) electrons. The average molecular weight is 333 g/mol. The van der Waals surface area contributed by atoms with Gasteiger partial charge in [-0.05, 0) is 38.5 Å². The van der Waals surface area contributed by atoms with E-state index in [1.165, 1.54) is 18.4 Å². The van der Waals surface area contributed by atoms with Gasteiger partial charge in [-0.2, -0.15) is 0 Å². The van der Waals surface area contributed by atoms with Gasteiger partial charge in [0.05, 0.1) is 18.4 Å². The molecular weight excluding hydrogens is 306 g/mol. The summed E-state index contributed by atoms with van der Waals surface area (Å²) < 4.78 is 11.2. The highest BCUT2D eigenvalue weighted by Gasteiger charge is 2.44. The Morgan fingerprint density at radius 2 is 2.17 bits per heavy atom. The van der Waals surface area contributed by atoms with Crippen LogP contribution in [-0.2, 0) is 16.1 Å². The van der Waals surface area contributed by atoms with Crippen molar-refractivity contribution in [1.82, 2.24) is 15.4 Å². The number of hydrogen-bond acceptors (Lipinski definition) is 5. The summed E-state index contributed by atoms with van der Waals surface area (Å²) in [5.74, 6) is 2.65. The smallest absolute Gasteiger partial charge is 0.220 e. The van der Waals surface area contributed by atoms with Gasteiger partial charge in [0.1, 0.15) is 5.76 Å². The van der Waals surface area contributed by atoms with E-state index in [9.17, 15) is 4.79 Å². The first-order valence-electron chi connectivity index (χ1n) is 9.12. The number of fused-ring (bicyclic) bond motifs is 1. The quantitative estimate of drug-likeness (QED) is 0.857. The van der Waals surface area contributed by atoms with Crippen molar-refractivity contribution in [1.29, 1.82) is 0 Å². The van der Waals surface area contributed by atoms with Crippen molar-refractivity contribution in [2.45, 2.75) is 45.8 Å². The Morgan fingerprint density at radius 1 is 1.33 bits per heavy atom. The Bertz CT molecular complexity index is 591. The maximum Gasteiger partial charge on any atom is 0.220 e. The topological polar surface area (TPSA) is 67.6 Å².